The standard InChI is InChI=1S/C19H13ClF5N7O/c1-26-17(33)10-3-2-9(6-12(10)20)29-15-16-28-7-13(31(16)5-4-27-15)11-8-32(18(21)22)30-14(11)19(23,24)25/h2-8,18H,1H3,(H,26,33)(H,27,29). The number of halogens is 6. The van der Waals surface area contributed by atoms with E-state index in [1.807, 2.05) is 0 Å². The molecule has 4 aromatic rings. The first-order valence-corrected chi connectivity index (χ1v) is 9.53. The summed E-state index contributed by atoms with van der Waals surface area (Å²) in [7, 11) is 1.46. The Hall–Kier alpha value is -3.74. The molecule has 0 spiro atoms. The van der Waals surface area contributed by atoms with Crippen LogP contribution in [0.5, 0.6) is 0 Å². The molecule has 3 aromatic heterocycles. The van der Waals surface area contributed by atoms with Gasteiger partial charge in [-0.1, -0.05) is 11.6 Å². The molecule has 0 fully saturated rings. The third-order valence-corrected chi connectivity index (χ3v) is 4.92. The molecular formula is C19H13ClF5N7O. The Morgan fingerprint density at radius 3 is 2.61 bits per heavy atom. The van der Waals surface area contributed by atoms with Gasteiger partial charge in [0, 0.05) is 31.3 Å². The van der Waals surface area contributed by atoms with E-state index in [-0.39, 0.29) is 38.3 Å². The Morgan fingerprint density at radius 1 is 1.21 bits per heavy atom. The van der Waals surface area contributed by atoms with E-state index in [4.69, 9.17) is 11.6 Å². The second-order valence-corrected chi connectivity index (χ2v) is 7.07. The molecule has 1 amide bonds. The monoisotopic (exact) mass is 485 g/mol. The van der Waals surface area contributed by atoms with Gasteiger partial charge in [0.1, 0.15) is 0 Å². The van der Waals surface area contributed by atoms with Crippen molar-refractivity contribution in [3.05, 3.63) is 59.3 Å². The quantitative estimate of drug-likeness (QED) is 0.398. The average molecular weight is 486 g/mol. The number of carbonyl (C=O) groups is 1. The summed E-state index contributed by atoms with van der Waals surface area (Å²) in [5.41, 5.74) is -1.34. The first-order chi connectivity index (χ1) is 15.6. The number of carbonyl (C=O) groups excluding carboxylic acids is 1. The van der Waals surface area contributed by atoms with Crippen LogP contribution >= 0.6 is 11.6 Å². The summed E-state index contributed by atoms with van der Waals surface area (Å²) >= 11 is 6.14. The Morgan fingerprint density at radius 2 is 1.97 bits per heavy atom. The molecule has 0 saturated carbocycles. The second kappa shape index (κ2) is 8.31. The zero-order valence-corrected chi connectivity index (χ0v) is 17.3. The maximum absolute atomic E-state index is 13.4. The van der Waals surface area contributed by atoms with E-state index in [0.29, 0.717) is 11.9 Å². The lowest BCUT2D eigenvalue weighted by Gasteiger charge is -2.10. The van der Waals surface area contributed by atoms with Crippen molar-refractivity contribution in [1.29, 1.82) is 0 Å². The molecule has 33 heavy (non-hydrogen) atoms. The van der Waals surface area contributed by atoms with Crippen LogP contribution in [0.1, 0.15) is 22.6 Å². The number of nitrogens with zero attached hydrogens (tertiary/aromatic N) is 5. The van der Waals surface area contributed by atoms with Gasteiger partial charge in [0.2, 0.25) is 0 Å². The molecule has 0 saturated heterocycles. The van der Waals surface area contributed by atoms with Crippen molar-refractivity contribution in [2.24, 2.45) is 0 Å². The maximum atomic E-state index is 13.4. The smallest absolute Gasteiger partial charge is 0.355 e. The summed E-state index contributed by atoms with van der Waals surface area (Å²) in [6, 6.07) is 4.50. The minimum atomic E-state index is -4.96. The van der Waals surface area contributed by atoms with Crippen LogP contribution in [0.4, 0.5) is 33.5 Å². The van der Waals surface area contributed by atoms with Gasteiger partial charge in [-0.25, -0.2) is 14.6 Å². The number of rotatable bonds is 5. The van der Waals surface area contributed by atoms with E-state index >= 15 is 0 Å². The Bertz CT molecular complexity index is 1350. The van der Waals surface area contributed by atoms with Crippen LogP contribution in [0.3, 0.4) is 0 Å². The largest absolute Gasteiger partial charge is 0.435 e. The fraction of sp³-hybridized carbons (Fsp3) is 0.158. The van der Waals surface area contributed by atoms with E-state index in [9.17, 15) is 26.7 Å². The number of benzene rings is 1. The second-order valence-electron chi connectivity index (χ2n) is 6.66. The Labute approximate surface area is 187 Å². The van der Waals surface area contributed by atoms with Crippen molar-refractivity contribution in [3.8, 4) is 11.3 Å². The van der Waals surface area contributed by atoms with Gasteiger partial charge in [0.15, 0.2) is 17.2 Å². The summed E-state index contributed by atoms with van der Waals surface area (Å²) in [4.78, 5) is 20.0. The van der Waals surface area contributed by atoms with Gasteiger partial charge in [0.05, 0.1) is 28.0 Å². The Kier molecular flexibility index (Phi) is 5.66. The van der Waals surface area contributed by atoms with Crippen molar-refractivity contribution in [2.45, 2.75) is 12.7 Å². The molecule has 0 atom stereocenters. The number of hydrogen-bond donors (Lipinski definition) is 2. The highest BCUT2D eigenvalue weighted by Crippen LogP contribution is 2.37. The number of aromatic nitrogens is 5. The maximum Gasteiger partial charge on any atom is 0.435 e. The Balaban J connectivity index is 1.76. The van der Waals surface area contributed by atoms with E-state index in [1.165, 1.54) is 36.0 Å². The van der Waals surface area contributed by atoms with E-state index < -0.39 is 24.0 Å². The van der Waals surface area contributed by atoms with Crippen LogP contribution in [0.2, 0.25) is 5.02 Å². The first-order valence-electron chi connectivity index (χ1n) is 9.15. The van der Waals surface area contributed by atoms with Gasteiger partial charge >= 0.3 is 12.7 Å². The number of anilines is 2. The molecule has 0 radical (unpaired) electrons. The molecule has 0 unspecified atom stereocenters. The summed E-state index contributed by atoms with van der Waals surface area (Å²) in [6.07, 6.45) is -0.610. The summed E-state index contributed by atoms with van der Waals surface area (Å²) in [5, 5.41) is 8.54. The third kappa shape index (κ3) is 4.18. The molecule has 172 valence electrons. The van der Waals surface area contributed by atoms with Gasteiger partial charge in [-0.2, -0.15) is 27.1 Å². The first kappa shape index (κ1) is 22.5. The van der Waals surface area contributed by atoms with Gasteiger partial charge in [-0.3, -0.25) is 9.20 Å². The minimum Gasteiger partial charge on any atom is -0.355 e. The van der Waals surface area contributed by atoms with Gasteiger partial charge in [-0.05, 0) is 18.2 Å². The van der Waals surface area contributed by atoms with Crippen LogP contribution in [-0.4, -0.2) is 37.1 Å². The zero-order chi connectivity index (χ0) is 23.9. The SMILES string of the molecule is CNC(=O)c1ccc(Nc2nccn3c(-c4cn(C(F)F)nc4C(F)(F)F)cnc23)cc1Cl. The van der Waals surface area contributed by atoms with Crippen molar-refractivity contribution >= 4 is 34.7 Å². The molecule has 3 heterocycles. The molecule has 0 aliphatic rings. The fourth-order valence-electron chi connectivity index (χ4n) is 3.14. The normalized spacial score (nSPS) is 11.9. The molecule has 8 nitrogen and oxygen atoms in total. The highest BCUT2D eigenvalue weighted by molar-refractivity contribution is 6.34. The molecule has 4 rings (SSSR count). The van der Waals surface area contributed by atoms with Crippen molar-refractivity contribution in [3.63, 3.8) is 0 Å². The molecule has 2 N–H and O–H groups in total. The highest BCUT2D eigenvalue weighted by atomic mass is 35.5. The topological polar surface area (TPSA) is 89.1 Å². The molecule has 0 bridgehead atoms. The van der Waals surface area contributed by atoms with Crippen molar-refractivity contribution < 1.29 is 26.7 Å². The van der Waals surface area contributed by atoms with Crippen LogP contribution in [0.25, 0.3) is 16.9 Å². The molecular weight excluding hydrogens is 473 g/mol. The lowest BCUT2D eigenvalue weighted by molar-refractivity contribution is -0.141. The van der Waals surface area contributed by atoms with Gasteiger partial charge < -0.3 is 10.6 Å². The van der Waals surface area contributed by atoms with Crippen LogP contribution in [0.15, 0.2) is 43.0 Å². The number of imidazole rings is 1. The third-order valence-electron chi connectivity index (χ3n) is 4.61. The van der Waals surface area contributed by atoms with E-state index in [1.54, 1.807) is 6.07 Å². The number of nitrogens with one attached hydrogen (secondary N) is 2. The predicted octanol–water partition coefficient (Wildman–Crippen LogP) is 4.76. The highest BCUT2D eigenvalue weighted by Gasteiger charge is 2.39. The summed E-state index contributed by atoms with van der Waals surface area (Å²) < 4.78 is 67.5. The summed E-state index contributed by atoms with van der Waals surface area (Å²) in [6.45, 7) is -3.25. The molecule has 1 aromatic carbocycles. The lowest BCUT2D eigenvalue weighted by atomic mass is 10.2. The predicted molar refractivity (Wildman–Crippen MR) is 109 cm³/mol. The van der Waals surface area contributed by atoms with E-state index in [2.05, 4.69) is 25.7 Å². The van der Waals surface area contributed by atoms with Gasteiger partial charge in [-0.15, -0.1) is 0 Å². The number of alkyl halides is 5. The molecule has 14 heteroatoms. The zero-order valence-electron chi connectivity index (χ0n) is 16.5. The fourth-order valence-corrected chi connectivity index (χ4v) is 3.41. The summed E-state index contributed by atoms with van der Waals surface area (Å²) in [5.74, 6) is -0.225. The average Bonchev–Trinajstić information content (AvgIpc) is 3.38. The minimum absolute atomic E-state index is 0.0616. The van der Waals surface area contributed by atoms with Crippen LogP contribution in [0, 0.1) is 0 Å². The van der Waals surface area contributed by atoms with Crippen molar-refractivity contribution in [1.82, 2.24) is 29.5 Å². The van der Waals surface area contributed by atoms with Crippen molar-refractivity contribution in [2.75, 3.05) is 12.4 Å². The number of hydrogen-bond acceptors (Lipinski definition) is 5. The van der Waals surface area contributed by atoms with Crippen LogP contribution < -0.4 is 10.6 Å². The number of fused-ring (bicyclic) bond motifs is 1. The van der Waals surface area contributed by atoms with Crippen LogP contribution in [-0.2, 0) is 6.18 Å². The molecule has 0 aliphatic heterocycles. The number of amides is 1. The molecule has 0 aliphatic carbocycles. The lowest BCUT2D eigenvalue weighted by Crippen LogP contribution is -2.18. The van der Waals surface area contributed by atoms with E-state index in [0.717, 1.165) is 6.20 Å². The van der Waals surface area contributed by atoms with Gasteiger partial charge in [0.25, 0.3) is 5.91 Å².